The summed E-state index contributed by atoms with van der Waals surface area (Å²) in [5, 5.41) is 21.9. The van der Waals surface area contributed by atoms with Crippen LogP contribution in [0.1, 0.15) is 66.4 Å². The Morgan fingerprint density at radius 2 is 1.81 bits per heavy atom. The largest absolute Gasteiger partial charge is 0.508 e. The van der Waals surface area contributed by atoms with Crippen molar-refractivity contribution in [3.8, 4) is 5.75 Å². The number of aliphatic hydroxyl groups excluding tert-OH is 1. The summed E-state index contributed by atoms with van der Waals surface area (Å²) in [6.45, 7) is 0.402. The molecule has 0 aromatic heterocycles. The number of phenolic OH excluding ortho intramolecular Hbond substituents is 1. The number of esters is 1. The molecule has 2 aromatic carbocycles. The van der Waals surface area contributed by atoms with Crippen molar-refractivity contribution in [2.24, 2.45) is 11.8 Å². The zero-order valence-corrected chi connectivity index (χ0v) is 26.4. The molecule has 4 unspecified atom stereocenters. The number of amides is 2. The standard InChI is InChI=1S/C37H42N2O8/c40-19-17-38-34(42)29-11-5-18-39(29)35(43)26-21-31(33-32(22-26)46-37(47-33,27-13-14-27)28-15-16-28)45-36(44)25-10-4-7-23(20-25)6-3-9-24-8-1-2-12-30(24)41/h1-4,6-8,10,12,20,22,27-29,31-33,40-41H,5,9,11,13-19,21H2,(H,38,42). The number of ether oxygens (including phenoxy) is 3. The molecule has 2 aromatic rings. The normalized spacial score (nSPS) is 26.6. The number of carbonyl (C=O) groups excluding carboxylic acids is 3. The van der Waals surface area contributed by atoms with Gasteiger partial charge in [0, 0.05) is 36.9 Å². The van der Waals surface area contributed by atoms with Gasteiger partial charge in [0.05, 0.1) is 12.2 Å². The van der Waals surface area contributed by atoms with Gasteiger partial charge in [-0.15, -0.1) is 0 Å². The second-order valence-corrected chi connectivity index (χ2v) is 13.3. The van der Waals surface area contributed by atoms with Gasteiger partial charge in [-0.2, -0.15) is 0 Å². The Hall–Kier alpha value is -3.99. The van der Waals surface area contributed by atoms with Crippen LogP contribution in [0.4, 0.5) is 0 Å². The van der Waals surface area contributed by atoms with Crippen molar-refractivity contribution in [3.63, 3.8) is 0 Å². The van der Waals surface area contributed by atoms with Crippen LogP contribution < -0.4 is 5.32 Å². The van der Waals surface area contributed by atoms with E-state index in [1.54, 1.807) is 35.2 Å². The maximum absolute atomic E-state index is 14.0. The SMILES string of the molecule is O=C(OC1CC(C(=O)N2CCCC2C(=O)NCCO)=CC2OC(C3CC3)(C3CC3)OC21)c1cccc(C=CCc2ccccc2O)c1. The number of likely N-dealkylation sites (tertiary alicyclic amines) is 1. The van der Waals surface area contributed by atoms with E-state index in [1.807, 2.05) is 36.4 Å². The highest BCUT2D eigenvalue weighted by Gasteiger charge is 2.64. The average Bonchev–Trinajstić information content (AvgIpc) is 4.03. The van der Waals surface area contributed by atoms with Gasteiger partial charge in [0.2, 0.25) is 11.8 Å². The Balaban J connectivity index is 1.10. The predicted octanol–water partition coefficient (Wildman–Crippen LogP) is 3.90. The Morgan fingerprint density at radius 1 is 1.02 bits per heavy atom. The van der Waals surface area contributed by atoms with Crippen LogP contribution in [-0.4, -0.2) is 82.7 Å². The van der Waals surface area contributed by atoms with Gasteiger partial charge in [-0.05, 0) is 80.3 Å². The van der Waals surface area contributed by atoms with E-state index in [-0.39, 0.29) is 37.1 Å². The molecule has 2 saturated heterocycles. The van der Waals surface area contributed by atoms with Crippen molar-refractivity contribution in [3.05, 3.63) is 82.9 Å². The number of nitrogens with one attached hydrogen (secondary N) is 1. The first kappa shape index (κ1) is 31.6. The summed E-state index contributed by atoms with van der Waals surface area (Å²) >= 11 is 0. The molecule has 47 heavy (non-hydrogen) atoms. The first-order valence-corrected chi connectivity index (χ1v) is 16.9. The third-order valence-corrected chi connectivity index (χ3v) is 9.93. The van der Waals surface area contributed by atoms with E-state index >= 15 is 0 Å². The molecule has 0 bridgehead atoms. The molecule has 2 heterocycles. The first-order valence-electron chi connectivity index (χ1n) is 16.9. The number of rotatable bonds is 11. The minimum absolute atomic E-state index is 0.130. The van der Waals surface area contributed by atoms with Crippen LogP contribution in [0.5, 0.6) is 5.75 Å². The van der Waals surface area contributed by atoms with Crippen LogP contribution in [0, 0.1) is 11.8 Å². The molecule has 4 atom stereocenters. The number of phenols is 1. The fraction of sp³-hybridized carbons (Fsp3) is 0.486. The molecule has 248 valence electrons. The summed E-state index contributed by atoms with van der Waals surface area (Å²) in [6.07, 6.45) is 9.87. The molecule has 7 rings (SSSR count). The predicted molar refractivity (Wildman–Crippen MR) is 172 cm³/mol. The van der Waals surface area contributed by atoms with Crippen molar-refractivity contribution in [1.29, 1.82) is 0 Å². The van der Waals surface area contributed by atoms with E-state index in [2.05, 4.69) is 5.32 Å². The Kier molecular flexibility index (Phi) is 8.91. The van der Waals surface area contributed by atoms with E-state index in [0.29, 0.717) is 48.8 Å². The molecule has 2 aliphatic heterocycles. The highest BCUT2D eigenvalue weighted by molar-refractivity contribution is 5.98. The molecule has 10 nitrogen and oxygen atoms in total. The van der Waals surface area contributed by atoms with Gasteiger partial charge in [-0.25, -0.2) is 4.79 Å². The molecular formula is C37H42N2O8. The van der Waals surface area contributed by atoms with Crippen LogP contribution in [0.15, 0.2) is 66.3 Å². The summed E-state index contributed by atoms with van der Waals surface area (Å²) in [7, 11) is 0. The third kappa shape index (κ3) is 6.59. The van der Waals surface area contributed by atoms with E-state index in [4.69, 9.17) is 19.3 Å². The Bertz CT molecular complexity index is 1570. The molecule has 3 aliphatic carbocycles. The molecule has 2 saturated carbocycles. The van der Waals surface area contributed by atoms with E-state index < -0.39 is 36.1 Å². The maximum atomic E-state index is 14.0. The Morgan fingerprint density at radius 3 is 2.55 bits per heavy atom. The lowest BCUT2D eigenvalue weighted by atomic mass is 9.91. The van der Waals surface area contributed by atoms with E-state index in [1.165, 1.54) is 0 Å². The summed E-state index contributed by atoms with van der Waals surface area (Å²) < 4.78 is 19.6. The zero-order chi connectivity index (χ0) is 32.5. The van der Waals surface area contributed by atoms with Gasteiger partial charge in [-0.3, -0.25) is 9.59 Å². The number of aliphatic hydroxyl groups is 1. The lowest BCUT2D eigenvalue weighted by Gasteiger charge is -2.33. The smallest absolute Gasteiger partial charge is 0.338 e. The second kappa shape index (κ2) is 13.3. The fourth-order valence-electron chi connectivity index (χ4n) is 7.30. The van der Waals surface area contributed by atoms with Gasteiger partial charge in [0.25, 0.3) is 0 Å². The molecular weight excluding hydrogens is 600 g/mol. The zero-order valence-electron chi connectivity index (χ0n) is 26.4. The van der Waals surface area contributed by atoms with Gasteiger partial charge in [0.15, 0.2) is 5.79 Å². The number of carbonyl (C=O) groups is 3. The molecule has 10 heteroatoms. The van der Waals surface area contributed by atoms with Crippen LogP contribution in [-0.2, 0) is 30.2 Å². The third-order valence-electron chi connectivity index (χ3n) is 9.93. The van der Waals surface area contributed by atoms with Gasteiger partial charge in [-0.1, -0.05) is 42.5 Å². The average molecular weight is 643 g/mol. The van der Waals surface area contributed by atoms with Gasteiger partial charge in [0.1, 0.15) is 30.1 Å². The number of hydrogen-bond acceptors (Lipinski definition) is 8. The van der Waals surface area contributed by atoms with Crippen LogP contribution in [0.2, 0.25) is 0 Å². The lowest BCUT2D eigenvalue weighted by molar-refractivity contribution is -0.209. The molecule has 0 radical (unpaired) electrons. The number of benzene rings is 2. The fourth-order valence-corrected chi connectivity index (χ4v) is 7.30. The monoisotopic (exact) mass is 642 g/mol. The summed E-state index contributed by atoms with van der Waals surface area (Å²) in [5.74, 6) is -0.941. The number of nitrogens with zero attached hydrogens (tertiary/aromatic N) is 1. The number of para-hydroxylation sites is 1. The molecule has 3 N–H and O–H groups in total. The lowest BCUT2D eigenvalue weighted by Crippen LogP contribution is -2.49. The van der Waals surface area contributed by atoms with Crippen LogP contribution >= 0.6 is 0 Å². The molecule has 2 amide bonds. The van der Waals surface area contributed by atoms with Crippen molar-refractivity contribution in [1.82, 2.24) is 10.2 Å². The van der Waals surface area contributed by atoms with Crippen molar-refractivity contribution in [2.45, 2.75) is 81.5 Å². The highest BCUT2D eigenvalue weighted by Crippen LogP contribution is 2.59. The van der Waals surface area contributed by atoms with Gasteiger partial charge < -0.3 is 34.6 Å². The number of aromatic hydroxyl groups is 1. The summed E-state index contributed by atoms with van der Waals surface area (Å²) in [4.78, 5) is 42.0. The molecule has 4 fully saturated rings. The number of allylic oxidation sites excluding steroid dienone is 1. The van der Waals surface area contributed by atoms with Crippen molar-refractivity contribution in [2.75, 3.05) is 19.7 Å². The quantitative estimate of drug-likeness (QED) is 0.314. The topological polar surface area (TPSA) is 135 Å². The van der Waals surface area contributed by atoms with Crippen molar-refractivity contribution < 1.29 is 38.8 Å². The molecule has 5 aliphatic rings. The van der Waals surface area contributed by atoms with Crippen LogP contribution in [0.3, 0.4) is 0 Å². The second-order valence-electron chi connectivity index (χ2n) is 13.3. The minimum atomic E-state index is -0.750. The first-order chi connectivity index (χ1) is 22.9. The highest BCUT2D eigenvalue weighted by atomic mass is 16.8. The number of hydrogen-bond donors (Lipinski definition) is 3. The minimum Gasteiger partial charge on any atom is -0.508 e. The van der Waals surface area contributed by atoms with E-state index in [9.17, 15) is 19.5 Å². The summed E-state index contributed by atoms with van der Waals surface area (Å²) in [5.41, 5.74) is 2.46. The summed E-state index contributed by atoms with van der Waals surface area (Å²) in [6, 6.07) is 13.7. The van der Waals surface area contributed by atoms with Gasteiger partial charge >= 0.3 is 5.97 Å². The van der Waals surface area contributed by atoms with Crippen molar-refractivity contribution >= 4 is 23.9 Å². The van der Waals surface area contributed by atoms with E-state index in [0.717, 1.165) is 36.8 Å². The number of fused-ring (bicyclic) bond motifs is 1. The van der Waals surface area contributed by atoms with Crippen LogP contribution in [0.25, 0.3) is 6.08 Å². The Labute approximate surface area is 274 Å². The molecule has 0 spiro atoms. The maximum Gasteiger partial charge on any atom is 0.338 e.